The van der Waals surface area contributed by atoms with Crippen LogP contribution in [0.3, 0.4) is 0 Å². The van der Waals surface area contributed by atoms with Crippen molar-refractivity contribution >= 4 is 5.97 Å². The third-order valence-corrected chi connectivity index (χ3v) is 2.91. The molecule has 2 aromatic rings. The maximum atomic E-state index is 11.2. The SMILES string of the molecule is CCC(C(=O)O)n1nncc1-c1cccc(OC)c1. The van der Waals surface area contributed by atoms with Gasteiger partial charge in [-0.15, -0.1) is 5.10 Å². The van der Waals surface area contributed by atoms with Gasteiger partial charge in [0.15, 0.2) is 6.04 Å². The number of carboxylic acid groups (broad SMARTS) is 1. The Bertz CT molecular complexity index is 580. The molecule has 1 heterocycles. The van der Waals surface area contributed by atoms with Gasteiger partial charge in [0.25, 0.3) is 0 Å². The van der Waals surface area contributed by atoms with E-state index in [1.54, 1.807) is 20.2 Å². The summed E-state index contributed by atoms with van der Waals surface area (Å²) in [5.41, 5.74) is 1.48. The number of ether oxygens (including phenoxy) is 1. The Balaban J connectivity index is 2.46. The van der Waals surface area contributed by atoms with E-state index in [2.05, 4.69) is 10.3 Å². The summed E-state index contributed by atoms with van der Waals surface area (Å²) in [7, 11) is 1.58. The van der Waals surface area contributed by atoms with Gasteiger partial charge in [0.1, 0.15) is 5.75 Å². The van der Waals surface area contributed by atoms with E-state index in [0.717, 1.165) is 5.56 Å². The molecule has 2 rings (SSSR count). The van der Waals surface area contributed by atoms with Crippen LogP contribution in [0, 0.1) is 0 Å². The molecular weight excluding hydrogens is 246 g/mol. The molecule has 0 aliphatic rings. The van der Waals surface area contributed by atoms with Crippen LogP contribution in [0.25, 0.3) is 11.3 Å². The summed E-state index contributed by atoms with van der Waals surface area (Å²) >= 11 is 0. The van der Waals surface area contributed by atoms with Crippen molar-refractivity contribution in [3.8, 4) is 17.0 Å². The van der Waals surface area contributed by atoms with E-state index in [4.69, 9.17) is 4.74 Å². The topological polar surface area (TPSA) is 77.2 Å². The molecule has 0 aliphatic heterocycles. The van der Waals surface area contributed by atoms with Crippen LogP contribution in [0.15, 0.2) is 30.5 Å². The van der Waals surface area contributed by atoms with Gasteiger partial charge in [0.05, 0.1) is 19.0 Å². The van der Waals surface area contributed by atoms with Crippen LogP contribution in [0.1, 0.15) is 19.4 Å². The highest BCUT2D eigenvalue weighted by molar-refractivity contribution is 5.73. The largest absolute Gasteiger partial charge is 0.497 e. The molecule has 1 N–H and O–H groups in total. The van der Waals surface area contributed by atoms with Crippen LogP contribution in [-0.2, 0) is 4.79 Å². The van der Waals surface area contributed by atoms with Crippen LogP contribution in [0.2, 0.25) is 0 Å². The van der Waals surface area contributed by atoms with Gasteiger partial charge < -0.3 is 9.84 Å². The van der Waals surface area contributed by atoms with Gasteiger partial charge in [-0.3, -0.25) is 0 Å². The number of carbonyl (C=O) groups is 1. The number of rotatable bonds is 5. The van der Waals surface area contributed by atoms with Crippen molar-refractivity contribution in [3.05, 3.63) is 30.5 Å². The Morgan fingerprint density at radius 1 is 1.53 bits per heavy atom. The molecule has 0 amide bonds. The Labute approximate surface area is 110 Å². The highest BCUT2D eigenvalue weighted by atomic mass is 16.5. The lowest BCUT2D eigenvalue weighted by Crippen LogP contribution is -2.20. The Morgan fingerprint density at radius 3 is 2.95 bits per heavy atom. The second kappa shape index (κ2) is 5.51. The molecule has 0 saturated carbocycles. The van der Waals surface area contributed by atoms with Crippen molar-refractivity contribution in [1.82, 2.24) is 15.0 Å². The van der Waals surface area contributed by atoms with E-state index in [-0.39, 0.29) is 0 Å². The zero-order valence-corrected chi connectivity index (χ0v) is 10.8. The summed E-state index contributed by atoms with van der Waals surface area (Å²) in [5.74, 6) is -0.217. The molecule has 19 heavy (non-hydrogen) atoms. The number of carboxylic acids is 1. The quantitative estimate of drug-likeness (QED) is 0.890. The molecule has 1 aromatic heterocycles. The summed E-state index contributed by atoms with van der Waals surface area (Å²) in [6.45, 7) is 1.80. The van der Waals surface area contributed by atoms with Crippen LogP contribution in [0.5, 0.6) is 5.75 Å². The second-order valence-corrected chi connectivity index (χ2v) is 4.06. The maximum absolute atomic E-state index is 11.2. The van der Waals surface area contributed by atoms with Gasteiger partial charge in [-0.1, -0.05) is 24.3 Å². The van der Waals surface area contributed by atoms with Crippen molar-refractivity contribution in [1.29, 1.82) is 0 Å². The molecule has 0 fully saturated rings. The first-order valence-electron chi connectivity index (χ1n) is 5.94. The smallest absolute Gasteiger partial charge is 0.328 e. The fourth-order valence-electron chi connectivity index (χ4n) is 1.92. The third-order valence-electron chi connectivity index (χ3n) is 2.91. The van der Waals surface area contributed by atoms with E-state index in [1.807, 2.05) is 24.3 Å². The number of benzene rings is 1. The standard InChI is InChI=1S/C13H15N3O3/c1-3-11(13(17)18)16-12(8-14-15-16)9-5-4-6-10(7-9)19-2/h4-8,11H,3H2,1-2H3,(H,17,18). The van der Waals surface area contributed by atoms with E-state index in [0.29, 0.717) is 17.9 Å². The first-order valence-corrected chi connectivity index (χ1v) is 5.94. The average Bonchev–Trinajstić information content (AvgIpc) is 2.88. The highest BCUT2D eigenvalue weighted by Crippen LogP contribution is 2.25. The molecule has 100 valence electrons. The van der Waals surface area contributed by atoms with Crippen LogP contribution in [-0.4, -0.2) is 33.2 Å². The molecule has 1 atom stereocenters. The lowest BCUT2D eigenvalue weighted by atomic mass is 10.1. The summed E-state index contributed by atoms with van der Waals surface area (Å²) in [6, 6.07) is 6.64. The van der Waals surface area contributed by atoms with Crippen LogP contribution >= 0.6 is 0 Å². The summed E-state index contributed by atoms with van der Waals surface area (Å²) in [6.07, 6.45) is 2.00. The minimum atomic E-state index is -0.919. The second-order valence-electron chi connectivity index (χ2n) is 4.06. The first kappa shape index (κ1) is 13.1. The molecule has 0 bridgehead atoms. The molecular formula is C13H15N3O3. The van der Waals surface area contributed by atoms with E-state index in [1.165, 1.54) is 4.68 Å². The molecule has 0 radical (unpaired) electrons. The predicted molar refractivity (Wildman–Crippen MR) is 69.0 cm³/mol. The summed E-state index contributed by atoms with van der Waals surface area (Å²) in [4.78, 5) is 11.2. The minimum absolute atomic E-state index is 0.440. The van der Waals surface area contributed by atoms with Gasteiger partial charge >= 0.3 is 5.97 Å². The maximum Gasteiger partial charge on any atom is 0.328 e. The van der Waals surface area contributed by atoms with Crippen LogP contribution < -0.4 is 4.74 Å². The van der Waals surface area contributed by atoms with Crippen molar-refractivity contribution in [2.24, 2.45) is 0 Å². The Kier molecular flexibility index (Phi) is 3.79. The average molecular weight is 261 g/mol. The van der Waals surface area contributed by atoms with Crippen LogP contribution in [0.4, 0.5) is 0 Å². The number of hydrogen-bond donors (Lipinski definition) is 1. The normalized spacial score (nSPS) is 12.1. The first-order chi connectivity index (χ1) is 9.17. The van der Waals surface area contributed by atoms with Crippen molar-refractivity contribution in [2.75, 3.05) is 7.11 Å². The number of nitrogens with zero attached hydrogens (tertiary/aromatic N) is 3. The predicted octanol–water partition coefficient (Wildman–Crippen LogP) is 1.99. The fourth-order valence-corrected chi connectivity index (χ4v) is 1.92. The lowest BCUT2D eigenvalue weighted by Gasteiger charge is -2.13. The van der Waals surface area contributed by atoms with Gasteiger partial charge in [0.2, 0.25) is 0 Å². The van der Waals surface area contributed by atoms with Crippen molar-refractivity contribution in [2.45, 2.75) is 19.4 Å². The molecule has 6 nitrogen and oxygen atoms in total. The highest BCUT2D eigenvalue weighted by Gasteiger charge is 2.22. The van der Waals surface area contributed by atoms with E-state index in [9.17, 15) is 9.90 Å². The zero-order chi connectivity index (χ0) is 13.8. The number of hydrogen-bond acceptors (Lipinski definition) is 4. The Morgan fingerprint density at radius 2 is 2.32 bits per heavy atom. The molecule has 0 aliphatic carbocycles. The third kappa shape index (κ3) is 2.57. The number of aromatic nitrogens is 3. The molecule has 1 aromatic carbocycles. The van der Waals surface area contributed by atoms with E-state index < -0.39 is 12.0 Å². The van der Waals surface area contributed by atoms with Gasteiger partial charge in [-0.25, -0.2) is 9.48 Å². The Hall–Kier alpha value is -2.37. The zero-order valence-electron chi connectivity index (χ0n) is 10.8. The lowest BCUT2D eigenvalue weighted by molar-refractivity contribution is -0.141. The summed E-state index contributed by atoms with van der Waals surface area (Å²) in [5, 5.41) is 16.9. The molecule has 6 heteroatoms. The monoisotopic (exact) mass is 261 g/mol. The van der Waals surface area contributed by atoms with Gasteiger partial charge in [0, 0.05) is 5.56 Å². The van der Waals surface area contributed by atoms with Crippen molar-refractivity contribution < 1.29 is 14.6 Å². The molecule has 0 saturated heterocycles. The minimum Gasteiger partial charge on any atom is -0.497 e. The van der Waals surface area contributed by atoms with E-state index >= 15 is 0 Å². The van der Waals surface area contributed by atoms with Gasteiger partial charge in [-0.05, 0) is 18.6 Å². The van der Waals surface area contributed by atoms with Gasteiger partial charge in [-0.2, -0.15) is 0 Å². The fraction of sp³-hybridized carbons (Fsp3) is 0.308. The molecule has 0 spiro atoms. The molecule has 1 unspecified atom stereocenters. The van der Waals surface area contributed by atoms with Crippen molar-refractivity contribution in [3.63, 3.8) is 0 Å². The number of aliphatic carboxylic acids is 1. The summed E-state index contributed by atoms with van der Waals surface area (Å²) < 4.78 is 6.59. The number of methoxy groups -OCH3 is 1.